The van der Waals surface area contributed by atoms with E-state index in [1.165, 1.54) is 0 Å². The minimum absolute atomic E-state index is 0.0658. The standard InChI is InChI=1S/C14H22N2O4/c1-18-7-6-16-14(17)10-15-9-11-8-12(19-2)4-5-13(11)20-3/h4-5,8,15H,6-7,9-10H2,1-3H3,(H,16,17). The van der Waals surface area contributed by atoms with Crippen molar-refractivity contribution in [2.24, 2.45) is 0 Å². The van der Waals surface area contributed by atoms with Crippen LogP contribution in [0.4, 0.5) is 0 Å². The number of methoxy groups -OCH3 is 3. The smallest absolute Gasteiger partial charge is 0.234 e. The third kappa shape index (κ3) is 5.46. The molecule has 6 nitrogen and oxygen atoms in total. The van der Waals surface area contributed by atoms with Gasteiger partial charge in [-0.15, -0.1) is 0 Å². The van der Waals surface area contributed by atoms with Gasteiger partial charge in [0.25, 0.3) is 0 Å². The molecule has 2 N–H and O–H groups in total. The van der Waals surface area contributed by atoms with E-state index in [9.17, 15) is 4.79 Å². The lowest BCUT2D eigenvalue weighted by Crippen LogP contribution is -2.35. The van der Waals surface area contributed by atoms with Crippen molar-refractivity contribution in [3.8, 4) is 11.5 Å². The molecule has 1 aromatic rings. The molecule has 1 amide bonds. The van der Waals surface area contributed by atoms with Gasteiger partial charge in [-0.05, 0) is 18.2 Å². The highest BCUT2D eigenvalue weighted by Gasteiger charge is 2.06. The maximum atomic E-state index is 11.5. The van der Waals surface area contributed by atoms with Crippen LogP contribution in [0, 0.1) is 0 Å². The summed E-state index contributed by atoms with van der Waals surface area (Å²) in [6.45, 7) is 1.79. The first-order valence-corrected chi connectivity index (χ1v) is 6.38. The van der Waals surface area contributed by atoms with Crippen molar-refractivity contribution in [3.05, 3.63) is 23.8 Å². The lowest BCUT2D eigenvalue weighted by molar-refractivity contribution is -0.120. The monoisotopic (exact) mass is 282 g/mol. The number of carbonyl (C=O) groups is 1. The highest BCUT2D eigenvalue weighted by Crippen LogP contribution is 2.23. The Hall–Kier alpha value is -1.79. The summed E-state index contributed by atoms with van der Waals surface area (Å²) < 4.78 is 15.3. The maximum Gasteiger partial charge on any atom is 0.234 e. The van der Waals surface area contributed by atoms with Crippen molar-refractivity contribution in [1.82, 2.24) is 10.6 Å². The van der Waals surface area contributed by atoms with E-state index in [-0.39, 0.29) is 12.5 Å². The Labute approximate surface area is 119 Å². The first-order chi connectivity index (χ1) is 9.71. The number of hydrogen-bond acceptors (Lipinski definition) is 5. The summed E-state index contributed by atoms with van der Waals surface area (Å²) in [5.74, 6) is 1.45. The Morgan fingerprint density at radius 1 is 1.20 bits per heavy atom. The molecule has 0 bridgehead atoms. The van der Waals surface area contributed by atoms with Crippen LogP contribution in [-0.4, -0.2) is 46.9 Å². The second-order valence-corrected chi connectivity index (χ2v) is 4.12. The van der Waals surface area contributed by atoms with Gasteiger partial charge in [0.05, 0.1) is 27.4 Å². The molecule has 0 fully saturated rings. The number of carbonyl (C=O) groups excluding carboxylic acids is 1. The summed E-state index contributed by atoms with van der Waals surface area (Å²) in [6, 6.07) is 5.56. The molecule has 0 radical (unpaired) electrons. The van der Waals surface area contributed by atoms with Crippen LogP contribution < -0.4 is 20.1 Å². The van der Waals surface area contributed by atoms with Gasteiger partial charge in [-0.25, -0.2) is 0 Å². The van der Waals surface area contributed by atoms with Crippen LogP contribution in [0.25, 0.3) is 0 Å². The van der Waals surface area contributed by atoms with Crippen LogP contribution in [0.3, 0.4) is 0 Å². The van der Waals surface area contributed by atoms with Gasteiger partial charge in [-0.2, -0.15) is 0 Å². The second-order valence-electron chi connectivity index (χ2n) is 4.12. The predicted molar refractivity (Wildman–Crippen MR) is 76.1 cm³/mol. The summed E-state index contributed by atoms with van der Waals surface area (Å²) in [4.78, 5) is 11.5. The number of ether oxygens (including phenoxy) is 3. The largest absolute Gasteiger partial charge is 0.497 e. The lowest BCUT2D eigenvalue weighted by Gasteiger charge is -2.11. The zero-order chi connectivity index (χ0) is 14.8. The molecule has 0 saturated heterocycles. The van der Waals surface area contributed by atoms with Crippen LogP contribution in [-0.2, 0) is 16.1 Å². The van der Waals surface area contributed by atoms with Crippen molar-refractivity contribution in [2.75, 3.05) is 41.0 Å². The van der Waals surface area contributed by atoms with E-state index in [1.54, 1.807) is 21.3 Å². The molecule has 1 rings (SSSR count). The molecule has 112 valence electrons. The van der Waals surface area contributed by atoms with E-state index in [0.29, 0.717) is 19.7 Å². The van der Waals surface area contributed by atoms with Crippen molar-refractivity contribution in [2.45, 2.75) is 6.54 Å². The molecular weight excluding hydrogens is 260 g/mol. The highest BCUT2D eigenvalue weighted by atomic mass is 16.5. The minimum Gasteiger partial charge on any atom is -0.497 e. The molecule has 0 aromatic heterocycles. The molecule has 0 aliphatic heterocycles. The Morgan fingerprint density at radius 3 is 2.65 bits per heavy atom. The van der Waals surface area contributed by atoms with Gasteiger partial charge in [-0.1, -0.05) is 0 Å². The third-order valence-electron chi connectivity index (χ3n) is 2.72. The molecule has 0 atom stereocenters. The summed E-state index contributed by atoms with van der Waals surface area (Å²) in [5, 5.41) is 5.80. The van der Waals surface area contributed by atoms with E-state index in [2.05, 4.69) is 10.6 Å². The highest BCUT2D eigenvalue weighted by molar-refractivity contribution is 5.77. The molecule has 0 unspecified atom stereocenters. The Bertz CT molecular complexity index is 424. The quantitative estimate of drug-likeness (QED) is 0.648. The van der Waals surface area contributed by atoms with Crippen molar-refractivity contribution in [3.63, 3.8) is 0 Å². The fourth-order valence-corrected chi connectivity index (χ4v) is 1.69. The average Bonchev–Trinajstić information content (AvgIpc) is 2.47. The summed E-state index contributed by atoms with van der Waals surface area (Å²) in [7, 11) is 4.82. The van der Waals surface area contributed by atoms with Crippen LogP contribution in [0.2, 0.25) is 0 Å². The molecule has 0 spiro atoms. The zero-order valence-corrected chi connectivity index (χ0v) is 12.2. The van der Waals surface area contributed by atoms with Gasteiger partial charge < -0.3 is 24.8 Å². The van der Waals surface area contributed by atoms with E-state index in [0.717, 1.165) is 17.1 Å². The molecule has 6 heteroatoms. The molecule has 0 saturated carbocycles. The van der Waals surface area contributed by atoms with Gasteiger partial charge in [-0.3, -0.25) is 4.79 Å². The molecule has 0 heterocycles. The fraction of sp³-hybridized carbons (Fsp3) is 0.500. The Morgan fingerprint density at radius 2 is 2.00 bits per heavy atom. The average molecular weight is 282 g/mol. The number of rotatable bonds is 9. The van der Waals surface area contributed by atoms with Gasteiger partial charge >= 0.3 is 0 Å². The molecule has 0 aliphatic rings. The summed E-state index contributed by atoms with van der Waals surface area (Å²) in [6.07, 6.45) is 0. The fourth-order valence-electron chi connectivity index (χ4n) is 1.69. The SMILES string of the molecule is COCCNC(=O)CNCc1cc(OC)ccc1OC. The van der Waals surface area contributed by atoms with Gasteiger partial charge in [0.1, 0.15) is 11.5 Å². The molecular formula is C14H22N2O4. The van der Waals surface area contributed by atoms with Crippen LogP contribution in [0.1, 0.15) is 5.56 Å². The van der Waals surface area contributed by atoms with E-state index < -0.39 is 0 Å². The predicted octanol–water partition coefficient (Wildman–Crippen LogP) is 0.556. The Balaban J connectivity index is 2.42. The lowest BCUT2D eigenvalue weighted by atomic mass is 10.2. The van der Waals surface area contributed by atoms with Crippen LogP contribution in [0.15, 0.2) is 18.2 Å². The minimum atomic E-state index is -0.0658. The van der Waals surface area contributed by atoms with Crippen molar-refractivity contribution in [1.29, 1.82) is 0 Å². The van der Waals surface area contributed by atoms with Gasteiger partial charge in [0.15, 0.2) is 0 Å². The Kier molecular flexibility index (Phi) is 7.46. The van der Waals surface area contributed by atoms with E-state index in [4.69, 9.17) is 14.2 Å². The summed E-state index contributed by atoms with van der Waals surface area (Å²) >= 11 is 0. The van der Waals surface area contributed by atoms with Crippen LogP contribution >= 0.6 is 0 Å². The van der Waals surface area contributed by atoms with E-state index >= 15 is 0 Å². The van der Waals surface area contributed by atoms with Crippen molar-refractivity contribution >= 4 is 5.91 Å². The van der Waals surface area contributed by atoms with Gasteiger partial charge in [0, 0.05) is 25.8 Å². The van der Waals surface area contributed by atoms with Gasteiger partial charge in [0.2, 0.25) is 5.91 Å². The first kappa shape index (κ1) is 16.3. The number of hydrogen-bond donors (Lipinski definition) is 2. The molecule has 20 heavy (non-hydrogen) atoms. The summed E-state index contributed by atoms with van der Waals surface area (Å²) in [5.41, 5.74) is 0.941. The zero-order valence-electron chi connectivity index (χ0n) is 12.2. The van der Waals surface area contributed by atoms with E-state index in [1.807, 2.05) is 18.2 Å². The number of amides is 1. The number of benzene rings is 1. The third-order valence-corrected chi connectivity index (χ3v) is 2.72. The maximum absolute atomic E-state index is 11.5. The molecule has 0 aliphatic carbocycles. The van der Waals surface area contributed by atoms with Crippen molar-refractivity contribution < 1.29 is 19.0 Å². The first-order valence-electron chi connectivity index (χ1n) is 6.38. The van der Waals surface area contributed by atoms with Crippen LogP contribution in [0.5, 0.6) is 11.5 Å². The second kappa shape index (κ2) is 9.17. The normalized spacial score (nSPS) is 10.2. The molecule has 1 aromatic carbocycles. The topological polar surface area (TPSA) is 68.8 Å². The number of nitrogens with one attached hydrogen (secondary N) is 2.